The predicted octanol–water partition coefficient (Wildman–Crippen LogP) is 4.45. The minimum atomic E-state index is -0.437. The highest BCUT2D eigenvalue weighted by Crippen LogP contribution is 2.29. The van der Waals surface area contributed by atoms with Crippen LogP contribution < -0.4 is 20.7 Å². The van der Waals surface area contributed by atoms with Gasteiger partial charge in [0.05, 0.1) is 25.6 Å². The molecule has 2 aliphatic rings. The Labute approximate surface area is 242 Å². The summed E-state index contributed by atoms with van der Waals surface area (Å²) in [7, 11) is 1.71. The van der Waals surface area contributed by atoms with Gasteiger partial charge >= 0.3 is 12.1 Å². The number of anilines is 2. The van der Waals surface area contributed by atoms with Crippen molar-refractivity contribution in [3.8, 4) is 5.75 Å². The largest absolute Gasteiger partial charge is 0.488 e. The van der Waals surface area contributed by atoms with Gasteiger partial charge in [-0.15, -0.1) is 0 Å². The van der Waals surface area contributed by atoms with Gasteiger partial charge < -0.3 is 35.6 Å². The Bertz CT molecular complexity index is 1190. The fourth-order valence-corrected chi connectivity index (χ4v) is 5.42. The zero-order valence-corrected chi connectivity index (χ0v) is 24.3. The lowest BCUT2D eigenvalue weighted by Crippen LogP contribution is -2.48. The van der Waals surface area contributed by atoms with Crippen molar-refractivity contribution in [3.05, 3.63) is 54.1 Å². The molecule has 3 atom stereocenters. The normalized spacial score (nSPS) is 20.4. The van der Waals surface area contributed by atoms with Gasteiger partial charge in [0.1, 0.15) is 11.9 Å². The topological polar surface area (TPSA) is 123 Å². The first-order chi connectivity index (χ1) is 19.7. The van der Waals surface area contributed by atoms with Gasteiger partial charge in [0.15, 0.2) is 0 Å². The van der Waals surface area contributed by atoms with E-state index in [1.165, 1.54) is 6.42 Å². The standard InChI is InChI=1S/C31H43N5O5/c1-21-18-36(22(2)20-37)29(38)17-23-16-26(33-30(39)32-24-10-6-4-7-11-24)14-15-27(23)41-28(21)19-35(3)31(40)34-25-12-8-5-9-13-25/h5,8-9,12-16,21-22,24,28,37H,4,6-7,10-11,17-20H2,1-3H3,(H,34,40)(H2,32,33,39)/t21-,22-,28-/m1/s1. The second kappa shape index (κ2) is 14.2. The number of hydrogen-bond donors (Lipinski definition) is 4. The van der Waals surface area contributed by atoms with Crippen molar-refractivity contribution in [2.45, 2.75) is 70.6 Å². The SMILES string of the molecule is C[C@@H]1CN([C@H](C)CO)C(=O)Cc2cc(NC(=O)NC3CCCCC3)ccc2O[C@@H]1CN(C)C(=O)Nc1ccccc1. The maximum atomic E-state index is 13.5. The van der Waals surface area contributed by atoms with E-state index >= 15 is 0 Å². The molecule has 1 fully saturated rings. The van der Waals surface area contributed by atoms with Gasteiger partial charge in [-0.3, -0.25) is 4.79 Å². The molecule has 0 saturated heterocycles. The zero-order valence-electron chi connectivity index (χ0n) is 24.3. The minimum Gasteiger partial charge on any atom is -0.488 e. The summed E-state index contributed by atoms with van der Waals surface area (Å²) in [6, 6.07) is 13.8. The Hall–Kier alpha value is -3.79. The lowest BCUT2D eigenvalue weighted by atomic mass is 9.96. The summed E-state index contributed by atoms with van der Waals surface area (Å²) >= 11 is 0. The van der Waals surface area contributed by atoms with E-state index in [1.807, 2.05) is 44.2 Å². The minimum absolute atomic E-state index is 0.0587. The van der Waals surface area contributed by atoms with Crippen LogP contribution in [-0.2, 0) is 11.2 Å². The van der Waals surface area contributed by atoms with Crippen molar-refractivity contribution in [1.29, 1.82) is 0 Å². The molecule has 10 heteroatoms. The van der Waals surface area contributed by atoms with Crippen molar-refractivity contribution in [2.24, 2.45) is 5.92 Å². The molecule has 2 aromatic rings. The van der Waals surface area contributed by atoms with Crippen LogP contribution in [-0.4, -0.2) is 77.8 Å². The van der Waals surface area contributed by atoms with Gasteiger partial charge in [-0.2, -0.15) is 0 Å². The van der Waals surface area contributed by atoms with E-state index in [-0.39, 0.29) is 55.5 Å². The smallest absolute Gasteiger partial charge is 0.321 e. The molecule has 2 aromatic carbocycles. The van der Waals surface area contributed by atoms with Crippen LogP contribution in [0.25, 0.3) is 0 Å². The van der Waals surface area contributed by atoms with Crippen molar-refractivity contribution < 1.29 is 24.2 Å². The fraction of sp³-hybridized carbons (Fsp3) is 0.516. The molecule has 41 heavy (non-hydrogen) atoms. The number of amides is 5. The van der Waals surface area contributed by atoms with Crippen LogP contribution in [0.4, 0.5) is 21.0 Å². The molecule has 1 saturated carbocycles. The first kappa shape index (κ1) is 30.2. The van der Waals surface area contributed by atoms with Gasteiger partial charge in [-0.1, -0.05) is 44.4 Å². The average Bonchev–Trinajstić information content (AvgIpc) is 3.01. The summed E-state index contributed by atoms with van der Waals surface area (Å²) in [6.45, 7) is 4.26. The molecule has 0 aromatic heterocycles. The second-order valence-corrected chi connectivity index (χ2v) is 11.3. The summed E-state index contributed by atoms with van der Waals surface area (Å²) in [6.07, 6.45) is 5.03. The lowest BCUT2D eigenvalue weighted by Gasteiger charge is -2.34. The van der Waals surface area contributed by atoms with Crippen LogP contribution in [0.15, 0.2) is 48.5 Å². The number of likely N-dealkylation sites (N-methyl/N-ethyl adjacent to an activating group) is 1. The molecule has 0 spiro atoms. The number of hydrogen-bond acceptors (Lipinski definition) is 5. The number of para-hydroxylation sites is 1. The van der Waals surface area contributed by atoms with Crippen molar-refractivity contribution in [2.75, 3.05) is 37.4 Å². The fourth-order valence-electron chi connectivity index (χ4n) is 5.42. The number of fused-ring (bicyclic) bond motifs is 1. The maximum absolute atomic E-state index is 13.5. The van der Waals surface area contributed by atoms with Gasteiger partial charge in [0, 0.05) is 42.5 Å². The number of benzene rings is 2. The van der Waals surface area contributed by atoms with Crippen molar-refractivity contribution in [1.82, 2.24) is 15.1 Å². The van der Waals surface area contributed by atoms with Gasteiger partial charge in [-0.05, 0) is 50.1 Å². The number of nitrogens with one attached hydrogen (secondary N) is 3. The molecular weight excluding hydrogens is 522 g/mol. The number of aliphatic hydroxyl groups is 1. The Morgan fingerprint density at radius 1 is 1.07 bits per heavy atom. The van der Waals surface area contributed by atoms with E-state index in [4.69, 9.17) is 4.74 Å². The van der Waals surface area contributed by atoms with Gasteiger partial charge in [0.2, 0.25) is 5.91 Å². The molecule has 1 aliphatic carbocycles. The van der Waals surface area contributed by atoms with Crippen LogP contribution in [0.1, 0.15) is 51.5 Å². The molecular formula is C31H43N5O5. The summed E-state index contributed by atoms with van der Waals surface area (Å²) in [4.78, 5) is 42.3. The number of ether oxygens (including phenoxy) is 1. The van der Waals surface area contributed by atoms with Crippen molar-refractivity contribution >= 4 is 29.3 Å². The molecule has 10 nitrogen and oxygen atoms in total. The molecule has 0 bridgehead atoms. The molecule has 0 unspecified atom stereocenters. The third-order valence-corrected chi connectivity index (χ3v) is 7.94. The Kier molecular flexibility index (Phi) is 10.5. The average molecular weight is 566 g/mol. The van der Waals surface area contributed by atoms with Gasteiger partial charge in [-0.25, -0.2) is 9.59 Å². The van der Waals surface area contributed by atoms with Crippen LogP contribution in [0, 0.1) is 5.92 Å². The molecule has 5 amide bonds. The number of carbonyl (C=O) groups excluding carboxylic acids is 3. The highest BCUT2D eigenvalue weighted by atomic mass is 16.5. The van der Waals surface area contributed by atoms with E-state index in [2.05, 4.69) is 16.0 Å². The highest BCUT2D eigenvalue weighted by Gasteiger charge is 2.32. The monoisotopic (exact) mass is 565 g/mol. The van der Waals surface area contributed by atoms with E-state index in [0.717, 1.165) is 25.7 Å². The molecule has 4 N–H and O–H groups in total. The zero-order chi connectivity index (χ0) is 29.4. The maximum Gasteiger partial charge on any atom is 0.321 e. The Balaban J connectivity index is 1.53. The summed E-state index contributed by atoms with van der Waals surface area (Å²) in [5.74, 6) is 0.247. The summed E-state index contributed by atoms with van der Waals surface area (Å²) in [5, 5.41) is 18.7. The summed E-state index contributed by atoms with van der Waals surface area (Å²) < 4.78 is 6.50. The van der Waals surface area contributed by atoms with Crippen LogP contribution in [0.3, 0.4) is 0 Å². The number of urea groups is 2. The van der Waals surface area contributed by atoms with Gasteiger partial charge in [0.25, 0.3) is 0 Å². The number of carbonyl (C=O) groups is 3. The molecule has 0 radical (unpaired) electrons. The van der Waals surface area contributed by atoms with E-state index < -0.39 is 6.10 Å². The lowest BCUT2D eigenvalue weighted by molar-refractivity contribution is -0.134. The Morgan fingerprint density at radius 3 is 2.51 bits per heavy atom. The molecule has 4 rings (SSSR count). The summed E-state index contributed by atoms with van der Waals surface area (Å²) in [5.41, 5.74) is 1.90. The third kappa shape index (κ3) is 8.36. The van der Waals surface area contributed by atoms with E-state index in [1.54, 1.807) is 35.0 Å². The van der Waals surface area contributed by atoms with E-state index in [9.17, 15) is 19.5 Å². The number of aliphatic hydroxyl groups excluding tert-OH is 1. The highest BCUT2D eigenvalue weighted by molar-refractivity contribution is 5.90. The van der Waals surface area contributed by atoms with E-state index in [0.29, 0.717) is 29.2 Å². The second-order valence-electron chi connectivity index (χ2n) is 11.3. The third-order valence-electron chi connectivity index (χ3n) is 7.94. The quantitative estimate of drug-likeness (QED) is 0.395. The van der Waals surface area contributed by atoms with Crippen LogP contribution in [0.5, 0.6) is 5.75 Å². The number of nitrogens with zero attached hydrogens (tertiary/aromatic N) is 2. The molecule has 1 aliphatic heterocycles. The first-order valence-electron chi connectivity index (χ1n) is 14.6. The Morgan fingerprint density at radius 2 is 1.80 bits per heavy atom. The van der Waals surface area contributed by atoms with Crippen molar-refractivity contribution in [3.63, 3.8) is 0 Å². The molecule has 1 heterocycles. The molecule has 222 valence electrons. The van der Waals surface area contributed by atoms with Crippen LogP contribution >= 0.6 is 0 Å². The first-order valence-corrected chi connectivity index (χ1v) is 14.6. The van der Waals surface area contributed by atoms with Crippen LogP contribution in [0.2, 0.25) is 0 Å². The predicted molar refractivity (Wildman–Crippen MR) is 159 cm³/mol. The number of rotatable bonds is 7.